The summed E-state index contributed by atoms with van der Waals surface area (Å²) in [6, 6.07) is 0. The van der Waals surface area contributed by atoms with Crippen molar-refractivity contribution in [3.63, 3.8) is 0 Å². The van der Waals surface area contributed by atoms with Crippen LogP contribution in [0.15, 0.2) is 0 Å². The lowest BCUT2D eigenvalue weighted by Crippen LogP contribution is -2.37. The molecule has 6 heteroatoms. The molecular weight excluding hydrogens is 270 g/mol. The third-order valence-corrected chi connectivity index (χ3v) is 5.46. The van der Waals surface area contributed by atoms with Crippen molar-refractivity contribution in [3.8, 4) is 0 Å². The number of hydrogen-bond donors (Lipinski definition) is 0. The van der Waals surface area contributed by atoms with Crippen molar-refractivity contribution in [2.45, 2.75) is 25.4 Å². The van der Waals surface area contributed by atoms with Gasteiger partial charge in [-0.05, 0) is 19.3 Å². The zero-order chi connectivity index (χ0) is 10.6. The van der Waals surface area contributed by atoms with E-state index in [0.29, 0.717) is 6.54 Å². The minimum absolute atomic E-state index is 0.0246. The Morgan fingerprint density at radius 3 is 2.71 bits per heavy atom. The number of halogens is 1. The maximum Gasteiger partial charge on any atom is 0.223 e. The Bertz CT molecular complexity index is 262. The second-order valence-electron chi connectivity index (χ2n) is 3.49. The van der Waals surface area contributed by atoms with Crippen LogP contribution in [0.2, 0.25) is 0 Å². The monoisotopic (exact) mass is 285 g/mol. The predicted molar refractivity (Wildman–Crippen MR) is 58.9 cm³/mol. The molecule has 84 valence electrons. The number of alkyl halides is 1. The summed E-state index contributed by atoms with van der Waals surface area (Å²) in [5, 5.41) is 0. The fourth-order valence-electron chi connectivity index (χ4n) is 1.44. The molecule has 1 heterocycles. The number of hydrogen-bond acceptors (Lipinski definition) is 3. The molecule has 0 aliphatic carbocycles. The van der Waals surface area contributed by atoms with Crippen molar-refractivity contribution in [1.29, 1.82) is 0 Å². The Balaban J connectivity index is 2.43. The van der Waals surface area contributed by atoms with Gasteiger partial charge in [-0.2, -0.15) is 0 Å². The van der Waals surface area contributed by atoms with Crippen LogP contribution in [-0.4, -0.2) is 43.7 Å². The summed E-state index contributed by atoms with van der Waals surface area (Å²) in [5.74, 6) is 0. The van der Waals surface area contributed by atoms with Crippen molar-refractivity contribution < 1.29 is 13.2 Å². The summed E-state index contributed by atoms with van der Waals surface area (Å²) in [5.41, 5.74) is 0. The highest BCUT2D eigenvalue weighted by molar-refractivity contribution is 9.10. The van der Waals surface area contributed by atoms with E-state index < -0.39 is 10.0 Å². The number of likely N-dealkylation sites (N-methyl/N-ethyl adjacent to an activating group) is 1. The van der Waals surface area contributed by atoms with Crippen molar-refractivity contribution in [2.75, 3.05) is 24.9 Å². The van der Waals surface area contributed by atoms with Crippen molar-refractivity contribution >= 4 is 26.0 Å². The van der Waals surface area contributed by atoms with E-state index in [0.717, 1.165) is 25.9 Å². The zero-order valence-corrected chi connectivity index (χ0v) is 10.7. The smallest absolute Gasteiger partial charge is 0.223 e. The Hall–Kier alpha value is 0.350. The van der Waals surface area contributed by atoms with Crippen LogP contribution < -0.4 is 0 Å². The SMILES string of the molecule is CN(CC1CCCCO1)S(=O)(=O)CBr. The Labute approximate surface area is 93.8 Å². The normalized spacial score (nSPS) is 24.1. The molecule has 0 saturated carbocycles. The molecule has 4 nitrogen and oxygen atoms in total. The van der Waals surface area contributed by atoms with E-state index in [2.05, 4.69) is 15.9 Å². The van der Waals surface area contributed by atoms with Crippen LogP contribution in [0.3, 0.4) is 0 Å². The second-order valence-corrected chi connectivity index (χ2v) is 6.87. The number of sulfonamides is 1. The van der Waals surface area contributed by atoms with Gasteiger partial charge in [-0.3, -0.25) is 0 Å². The van der Waals surface area contributed by atoms with Gasteiger partial charge in [0.15, 0.2) is 0 Å². The molecule has 0 N–H and O–H groups in total. The standard InChI is InChI=1S/C8H16BrNO3S/c1-10(14(11,12)7-9)6-8-4-2-3-5-13-8/h8H,2-7H2,1H3. The first-order chi connectivity index (χ1) is 6.56. The summed E-state index contributed by atoms with van der Waals surface area (Å²) >= 11 is 2.97. The van der Waals surface area contributed by atoms with Gasteiger partial charge in [-0.1, -0.05) is 15.9 Å². The van der Waals surface area contributed by atoms with Gasteiger partial charge in [0.2, 0.25) is 10.0 Å². The summed E-state index contributed by atoms with van der Waals surface area (Å²) < 4.78 is 29.6. The fraction of sp³-hybridized carbons (Fsp3) is 1.00. The first-order valence-corrected chi connectivity index (χ1v) is 7.41. The Morgan fingerprint density at radius 2 is 2.21 bits per heavy atom. The summed E-state index contributed by atoms with van der Waals surface area (Å²) in [6.07, 6.45) is 3.25. The average Bonchev–Trinajstić information content (AvgIpc) is 2.19. The molecule has 1 unspecified atom stereocenters. The first-order valence-electron chi connectivity index (χ1n) is 4.68. The van der Waals surface area contributed by atoms with Crippen LogP contribution in [0.5, 0.6) is 0 Å². The third kappa shape index (κ3) is 3.49. The lowest BCUT2D eigenvalue weighted by atomic mass is 10.1. The first kappa shape index (κ1) is 12.4. The zero-order valence-electron chi connectivity index (χ0n) is 8.28. The van der Waals surface area contributed by atoms with Gasteiger partial charge in [0, 0.05) is 20.2 Å². The highest BCUT2D eigenvalue weighted by atomic mass is 79.9. The largest absolute Gasteiger partial charge is 0.377 e. The van der Waals surface area contributed by atoms with Gasteiger partial charge in [-0.15, -0.1) is 0 Å². The summed E-state index contributed by atoms with van der Waals surface area (Å²) in [6.45, 7) is 1.22. The van der Waals surface area contributed by atoms with Gasteiger partial charge in [-0.25, -0.2) is 12.7 Å². The van der Waals surface area contributed by atoms with E-state index in [-0.39, 0.29) is 10.8 Å². The van der Waals surface area contributed by atoms with E-state index >= 15 is 0 Å². The van der Waals surface area contributed by atoms with Crippen LogP contribution in [-0.2, 0) is 14.8 Å². The molecule has 0 aromatic rings. The van der Waals surface area contributed by atoms with E-state index in [1.165, 1.54) is 4.31 Å². The fourth-order valence-corrected chi connectivity index (χ4v) is 3.04. The van der Waals surface area contributed by atoms with E-state index in [1.54, 1.807) is 7.05 Å². The molecule has 0 spiro atoms. The van der Waals surface area contributed by atoms with Gasteiger partial charge < -0.3 is 4.74 Å². The highest BCUT2D eigenvalue weighted by Gasteiger charge is 2.22. The molecule has 0 amide bonds. The van der Waals surface area contributed by atoms with Crippen LogP contribution in [0.1, 0.15) is 19.3 Å². The molecule has 0 bridgehead atoms. The molecule has 0 radical (unpaired) electrons. The van der Waals surface area contributed by atoms with Crippen molar-refractivity contribution in [1.82, 2.24) is 4.31 Å². The molecule has 14 heavy (non-hydrogen) atoms. The van der Waals surface area contributed by atoms with E-state index in [1.807, 2.05) is 0 Å². The van der Waals surface area contributed by atoms with Gasteiger partial charge in [0.25, 0.3) is 0 Å². The number of nitrogens with zero attached hydrogens (tertiary/aromatic N) is 1. The predicted octanol–water partition coefficient (Wildman–Crippen LogP) is 1.17. The molecule has 1 aliphatic rings. The summed E-state index contributed by atoms with van der Waals surface area (Å²) in [4.78, 5) is 0. The van der Waals surface area contributed by atoms with E-state index in [4.69, 9.17) is 4.74 Å². The van der Waals surface area contributed by atoms with Crippen LogP contribution in [0.25, 0.3) is 0 Å². The lowest BCUT2D eigenvalue weighted by Gasteiger charge is -2.26. The van der Waals surface area contributed by atoms with Crippen LogP contribution >= 0.6 is 15.9 Å². The molecule has 1 aliphatic heterocycles. The molecule has 1 saturated heterocycles. The topological polar surface area (TPSA) is 46.6 Å². The minimum Gasteiger partial charge on any atom is -0.377 e. The maximum atomic E-state index is 11.4. The van der Waals surface area contributed by atoms with Crippen molar-refractivity contribution in [2.24, 2.45) is 0 Å². The van der Waals surface area contributed by atoms with Gasteiger partial charge in [0.05, 0.1) is 6.10 Å². The molecule has 1 fully saturated rings. The van der Waals surface area contributed by atoms with Crippen molar-refractivity contribution in [3.05, 3.63) is 0 Å². The van der Waals surface area contributed by atoms with Crippen LogP contribution in [0.4, 0.5) is 0 Å². The minimum atomic E-state index is -3.13. The lowest BCUT2D eigenvalue weighted by molar-refractivity contribution is 0.00864. The molecule has 0 aromatic carbocycles. The Morgan fingerprint density at radius 1 is 1.50 bits per heavy atom. The molecule has 1 rings (SSSR count). The number of rotatable bonds is 4. The van der Waals surface area contributed by atoms with Gasteiger partial charge >= 0.3 is 0 Å². The van der Waals surface area contributed by atoms with Gasteiger partial charge in [0.1, 0.15) is 4.66 Å². The molecule has 0 aromatic heterocycles. The molecule has 1 atom stereocenters. The second kappa shape index (κ2) is 5.44. The average molecular weight is 286 g/mol. The summed E-state index contributed by atoms with van der Waals surface area (Å²) in [7, 11) is -1.54. The molecular formula is C8H16BrNO3S. The highest BCUT2D eigenvalue weighted by Crippen LogP contribution is 2.15. The van der Waals surface area contributed by atoms with E-state index in [9.17, 15) is 8.42 Å². The number of ether oxygens (including phenoxy) is 1. The van der Waals surface area contributed by atoms with Crippen LogP contribution in [0, 0.1) is 0 Å². The quantitative estimate of drug-likeness (QED) is 0.729. The third-order valence-electron chi connectivity index (χ3n) is 2.35. The maximum absolute atomic E-state index is 11.4. The Kier molecular flexibility index (Phi) is 4.82.